The molecule has 0 spiro atoms. The van der Waals surface area contributed by atoms with Gasteiger partial charge in [0.1, 0.15) is 6.10 Å². The van der Waals surface area contributed by atoms with Gasteiger partial charge in [-0.1, -0.05) is 82.9 Å². The fourth-order valence-electron chi connectivity index (χ4n) is 3.56. The Morgan fingerprint density at radius 2 is 1.31 bits per heavy atom. The molecule has 0 saturated carbocycles. The molecule has 4 nitrogen and oxygen atoms in total. The molecule has 0 aliphatic carbocycles. The zero-order valence-corrected chi connectivity index (χ0v) is 18.2. The van der Waals surface area contributed by atoms with Crippen LogP contribution in [0.15, 0.2) is 30.3 Å². The van der Waals surface area contributed by atoms with Crippen molar-refractivity contribution in [1.82, 2.24) is 0 Å². The SMILES string of the molecule is CCCCCCC(CCCCCCCCCCC(=O)O)OC(=O)c1ccccc1. The molecule has 29 heavy (non-hydrogen) atoms. The van der Waals surface area contributed by atoms with Crippen LogP contribution < -0.4 is 0 Å². The number of hydrogen-bond acceptors (Lipinski definition) is 3. The van der Waals surface area contributed by atoms with Crippen LogP contribution in [0.5, 0.6) is 0 Å². The number of carbonyl (C=O) groups is 2. The number of unbranched alkanes of at least 4 members (excludes halogenated alkanes) is 10. The second-order valence-corrected chi connectivity index (χ2v) is 8.00. The maximum atomic E-state index is 12.4. The molecule has 0 saturated heterocycles. The molecule has 1 atom stereocenters. The van der Waals surface area contributed by atoms with Crippen molar-refractivity contribution >= 4 is 11.9 Å². The molecule has 0 fully saturated rings. The predicted octanol–water partition coefficient (Wildman–Crippen LogP) is 7.17. The van der Waals surface area contributed by atoms with Crippen molar-refractivity contribution in [2.75, 3.05) is 0 Å². The van der Waals surface area contributed by atoms with Gasteiger partial charge in [-0.2, -0.15) is 0 Å². The van der Waals surface area contributed by atoms with E-state index in [1.807, 2.05) is 30.3 Å². The molecule has 1 aromatic carbocycles. The van der Waals surface area contributed by atoms with E-state index in [0.717, 1.165) is 44.9 Å². The van der Waals surface area contributed by atoms with Gasteiger partial charge in [0.15, 0.2) is 0 Å². The lowest BCUT2D eigenvalue weighted by Gasteiger charge is -2.18. The molecule has 0 bridgehead atoms. The molecule has 0 aliphatic heterocycles. The van der Waals surface area contributed by atoms with Gasteiger partial charge in [0.05, 0.1) is 5.56 Å². The maximum Gasteiger partial charge on any atom is 0.338 e. The smallest absolute Gasteiger partial charge is 0.338 e. The lowest BCUT2D eigenvalue weighted by Crippen LogP contribution is -2.18. The number of rotatable bonds is 18. The molecule has 4 heteroatoms. The Hall–Kier alpha value is -1.84. The Morgan fingerprint density at radius 1 is 0.793 bits per heavy atom. The minimum absolute atomic E-state index is 0.0237. The molecular weight excluding hydrogens is 364 g/mol. The number of benzene rings is 1. The average Bonchev–Trinajstić information content (AvgIpc) is 2.72. The van der Waals surface area contributed by atoms with Gasteiger partial charge < -0.3 is 9.84 Å². The Morgan fingerprint density at radius 3 is 1.86 bits per heavy atom. The largest absolute Gasteiger partial charge is 0.481 e. The van der Waals surface area contributed by atoms with Crippen molar-refractivity contribution in [1.29, 1.82) is 0 Å². The predicted molar refractivity (Wildman–Crippen MR) is 118 cm³/mol. The number of ether oxygens (including phenoxy) is 1. The van der Waals surface area contributed by atoms with Crippen LogP contribution in [-0.4, -0.2) is 23.1 Å². The fourth-order valence-corrected chi connectivity index (χ4v) is 3.56. The van der Waals surface area contributed by atoms with Crippen molar-refractivity contribution in [3.05, 3.63) is 35.9 Å². The number of carboxylic acid groups (broad SMARTS) is 1. The number of hydrogen-bond donors (Lipinski definition) is 1. The minimum Gasteiger partial charge on any atom is -0.481 e. The van der Waals surface area contributed by atoms with Crippen molar-refractivity contribution in [2.45, 2.75) is 109 Å². The van der Waals surface area contributed by atoms with E-state index < -0.39 is 5.97 Å². The second kappa shape index (κ2) is 17.1. The van der Waals surface area contributed by atoms with E-state index in [-0.39, 0.29) is 12.1 Å². The first-order chi connectivity index (χ1) is 14.1. The van der Waals surface area contributed by atoms with Crippen LogP contribution >= 0.6 is 0 Å². The summed E-state index contributed by atoms with van der Waals surface area (Å²) in [5.74, 6) is -0.894. The Balaban J connectivity index is 2.21. The zero-order valence-electron chi connectivity index (χ0n) is 18.2. The van der Waals surface area contributed by atoms with Gasteiger partial charge in [-0.05, 0) is 44.2 Å². The molecule has 0 aromatic heterocycles. The molecular formula is C25H40O4. The molecule has 0 amide bonds. The summed E-state index contributed by atoms with van der Waals surface area (Å²) in [7, 11) is 0. The third-order valence-electron chi connectivity index (χ3n) is 5.33. The summed E-state index contributed by atoms with van der Waals surface area (Å²) >= 11 is 0. The summed E-state index contributed by atoms with van der Waals surface area (Å²) in [5.41, 5.74) is 0.633. The molecule has 1 N–H and O–H groups in total. The van der Waals surface area contributed by atoms with Gasteiger partial charge in [0.25, 0.3) is 0 Å². The molecule has 1 rings (SSSR count). The number of esters is 1. The topological polar surface area (TPSA) is 63.6 Å². The first-order valence-electron chi connectivity index (χ1n) is 11.6. The summed E-state index contributed by atoms with van der Waals surface area (Å²) in [4.78, 5) is 22.9. The minimum atomic E-state index is -0.692. The lowest BCUT2D eigenvalue weighted by atomic mass is 10.0. The third kappa shape index (κ3) is 13.9. The van der Waals surface area contributed by atoms with Crippen LogP contribution in [0.4, 0.5) is 0 Å². The average molecular weight is 405 g/mol. The van der Waals surface area contributed by atoms with E-state index in [2.05, 4.69) is 6.92 Å². The second-order valence-electron chi connectivity index (χ2n) is 8.00. The summed E-state index contributed by atoms with van der Waals surface area (Å²) < 4.78 is 5.82. The van der Waals surface area contributed by atoms with Crippen molar-refractivity contribution in [2.24, 2.45) is 0 Å². The van der Waals surface area contributed by atoms with E-state index in [0.29, 0.717) is 12.0 Å². The number of carbonyl (C=O) groups excluding carboxylic acids is 1. The first kappa shape index (κ1) is 25.2. The van der Waals surface area contributed by atoms with Crippen molar-refractivity contribution < 1.29 is 19.4 Å². The van der Waals surface area contributed by atoms with E-state index in [1.165, 1.54) is 44.9 Å². The summed E-state index contributed by atoms with van der Waals surface area (Å²) in [6, 6.07) is 9.27. The zero-order chi connectivity index (χ0) is 21.2. The van der Waals surface area contributed by atoms with Crippen LogP contribution in [0.1, 0.15) is 114 Å². The van der Waals surface area contributed by atoms with Crippen molar-refractivity contribution in [3.8, 4) is 0 Å². The Labute approximate surface area is 177 Å². The van der Waals surface area contributed by atoms with Crippen LogP contribution in [-0.2, 0) is 9.53 Å². The third-order valence-corrected chi connectivity index (χ3v) is 5.33. The van der Waals surface area contributed by atoms with Gasteiger partial charge in [0.2, 0.25) is 0 Å². The Bertz CT molecular complexity index is 541. The van der Waals surface area contributed by atoms with E-state index in [4.69, 9.17) is 9.84 Å². The van der Waals surface area contributed by atoms with Crippen molar-refractivity contribution in [3.63, 3.8) is 0 Å². The van der Waals surface area contributed by atoms with E-state index in [9.17, 15) is 9.59 Å². The molecule has 0 radical (unpaired) electrons. The van der Waals surface area contributed by atoms with Gasteiger partial charge in [-0.25, -0.2) is 4.79 Å². The monoisotopic (exact) mass is 404 g/mol. The molecule has 0 aliphatic rings. The molecule has 0 heterocycles. The molecule has 1 aromatic rings. The highest BCUT2D eigenvalue weighted by molar-refractivity contribution is 5.89. The van der Waals surface area contributed by atoms with E-state index >= 15 is 0 Å². The van der Waals surface area contributed by atoms with Gasteiger partial charge in [-0.3, -0.25) is 4.79 Å². The standard InChI is InChI=1S/C25H40O4/c1-2-3-4-14-19-23(29-25(28)22-17-12-11-13-18-22)20-15-9-7-5-6-8-10-16-21-24(26)27/h11-13,17-18,23H,2-10,14-16,19-21H2,1H3,(H,26,27). The van der Waals surface area contributed by atoms with Crippen LogP contribution in [0.25, 0.3) is 0 Å². The highest BCUT2D eigenvalue weighted by Gasteiger charge is 2.15. The summed E-state index contributed by atoms with van der Waals surface area (Å²) in [6.07, 6.45) is 15.8. The highest BCUT2D eigenvalue weighted by atomic mass is 16.5. The summed E-state index contributed by atoms with van der Waals surface area (Å²) in [5, 5.41) is 8.63. The highest BCUT2D eigenvalue weighted by Crippen LogP contribution is 2.18. The van der Waals surface area contributed by atoms with E-state index in [1.54, 1.807) is 0 Å². The normalized spacial score (nSPS) is 11.9. The summed E-state index contributed by atoms with van der Waals surface area (Å²) in [6.45, 7) is 2.21. The Kier molecular flexibility index (Phi) is 14.8. The number of carboxylic acids is 1. The number of aliphatic carboxylic acids is 1. The lowest BCUT2D eigenvalue weighted by molar-refractivity contribution is -0.137. The van der Waals surface area contributed by atoms with Gasteiger partial charge in [0, 0.05) is 6.42 Å². The maximum absolute atomic E-state index is 12.4. The van der Waals surface area contributed by atoms with Crippen LogP contribution in [0, 0.1) is 0 Å². The van der Waals surface area contributed by atoms with Gasteiger partial charge >= 0.3 is 11.9 Å². The van der Waals surface area contributed by atoms with Crippen LogP contribution in [0.2, 0.25) is 0 Å². The first-order valence-corrected chi connectivity index (χ1v) is 11.6. The van der Waals surface area contributed by atoms with Crippen LogP contribution in [0.3, 0.4) is 0 Å². The van der Waals surface area contributed by atoms with Gasteiger partial charge in [-0.15, -0.1) is 0 Å². The fraction of sp³-hybridized carbons (Fsp3) is 0.680. The quantitative estimate of drug-likeness (QED) is 0.208. The molecule has 1 unspecified atom stereocenters. The molecule has 164 valence electrons.